The molecule has 1 saturated heterocycles. The summed E-state index contributed by atoms with van der Waals surface area (Å²) in [5, 5.41) is 3.50. The minimum Gasteiger partial charge on any atom is -0.383 e. The molecule has 0 spiro atoms. The smallest absolute Gasteiger partial charge is 0.138 e. The fourth-order valence-corrected chi connectivity index (χ4v) is 3.53. The van der Waals surface area contributed by atoms with Gasteiger partial charge in [0, 0.05) is 22.3 Å². The summed E-state index contributed by atoms with van der Waals surface area (Å²) in [6, 6.07) is 0. The quantitative estimate of drug-likeness (QED) is 0.895. The monoisotopic (exact) mass is 294 g/mol. The number of nitrogens with zero attached hydrogens (tertiary/aromatic N) is 2. The first-order valence-electron chi connectivity index (χ1n) is 7.24. The third kappa shape index (κ3) is 3.37. The topological polar surface area (TPSA) is 63.8 Å². The van der Waals surface area contributed by atoms with Crippen LogP contribution in [0.2, 0.25) is 0 Å². The Morgan fingerprint density at radius 2 is 2.05 bits per heavy atom. The summed E-state index contributed by atoms with van der Waals surface area (Å²) in [5.41, 5.74) is 6.89. The minimum absolute atomic E-state index is 0.0930. The summed E-state index contributed by atoms with van der Waals surface area (Å²) < 4.78 is 0.314. The zero-order valence-electron chi connectivity index (χ0n) is 13.2. The standard InChI is InChI=1S/C15H26N4S/c1-10-11(16)18-13(14(2,3)4)19-12(10)17-9-15(5)7-6-8-20-15/h6-9H2,1-5H3,(H3,16,17,18,19). The first kappa shape index (κ1) is 15.4. The molecule has 1 unspecified atom stereocenters. The Balaban J connectivity index is 2.20. The van der Waals surface area contributed by atoms with Crippen LogP contribution in [-0.2, 0) is 5.41 Å². The average molecular weight is 294 g/mol. The first-order valence-corrected chi connectivity index (χ1v) is 8.22. The fraction of sp³-hybridized carbons (Fsp3) is 0.733. The van der Waals surface area contributed by atoms with Gasteiger partial charge in [-0.05, 0) is 32.4 Å². The molecule has 5 heteroatoms. The molecule has 0 aliphatic carbocycles. The van der Waals surface area contributed by atoms with Gasteiger partial charge in [0.05, 0.1) is 0 Å². The van der Waals surface area contributed by atoms with Crippen LogP contribution < -0.4 is 11.1 Å². The highest BCUT2D eigenvalue weighted by atomic mass is 32.2. The summed E-state index contributed by atoms with van der Waals surface area (Å²) in [6.45, 7) is 11.5. The van der Waals surface area contributed by atoms with Crippen LogP contribution in [0.1, 0.15) is 51.9 Å². The summed E-state index contributed by atoms with van der Waals surface area (Å²) in [6.07, 6.45) is 2.57. The van der Waals surface area contributed by atoms with Gasteiger partial charge in [-0.15, -0.1) is 0 Å². The van der Waals surface area contributed by atoms with Gasteiger partial charge in [0.1, 0.15) is 17.5 Å². The van der Waals surface area contributed by atoms with E-state index in [0.717, 1.165) is 23.8 Å². The van der Waals surface area contributed by atoms with Gasteiger partial charge in [-0.1, -0.05) is 20.8 Å². The van der Waals surface area contributed by atoms with Crippen molar-refractivity contribution < 1.29 is 0 Å². The molecule has 0 amide bonds. The predicted octanol–water partition coefficient (Wildman–Crippen LogP) is 3.36. The maximum absolute atomic E-state index is 6.04. The highest BCUT2D eigenvalue weighted by molar-refractivity contribution is 8.00. The molecule has 2 rings (SSSR count). The van der Waals surface area contributed by atoms with Gasteiger partial charge in [0.2, 0.25) is 0 Å². The van der Waals surface area contributed by atoms with Crippen LogP contribution in [-0.4, -0.2) is 27.0 Å². The number of thioether (sulfide) groups is 1. The molecule has 20 heavy (non-hydrogen) atoms. The first-order chi connectivity index (χ1) is 9.21. The zero-order chi connectivity index (χ0) is 15.0. The third-order valence-corrected chi connectivity index (χ3v) is 5.32. The van der Waals surface area contributed by atoms with E-state index in [0.29, 0.717) is 10.6 Å². The van der Waals surface area contributed by atoms with Crippen molar-refractivity contribution in [2.45, 2.75) is 57.6 Å². The highest BCUT2D eigenvalue weighted by Crippen LogP contribution is 2.38. The molecule has 1 aromatic rings. The van der Waals surface area contributed by atoms with Crippen LogP contribution in [0.15, 0.2) is 0 Å². The number of aromatic nitrogens is 2. The molecule has 0 aromatic carbocycles. The molecule has 3 N–H and O–H groups in total. The number of hydrogen-bond donors (Lipinski definition) is 2. The predicted molar refractivity (Wildman–Crippen MR) is 88.5 cm³/mol. The normalized spacial score (nSPS) is 23.1. The molecule has 112 valence electrons. The van der Waals surface area contributed by atoms with Gasteiger partial charge >= 0.3 is 0 Å². The van der Waals surface area contributed by atoms with Gasteiger partial charge in [-0.3, -0.25) is 0 Å². The second kappa shape index (κ2) is 5.43. The van der Waals surface area contributed by atoms with E-state index in [2.05, 4.69) is 43.0 Å². The second-order valence-electron chi connectivity index (χ2n) is 6.91. The van der Waals surface area contributed by atoms with Gasteiger partial charge in [-0.2, -0.15) is 11.8 Å². The van der Waals surface area contributed by atoms with E-state index < -0.39 is 0 Å². The molecular formula is C15H26N4S. The van der Waals surface area contributed by atoms with Crippen molar-refractivity contribution in [3.63, 3.8) is 0 Å². The van der Waals surface area contributed by atoms with E-state index in [4.69, 9.17) is 5.73 Å². The number of anilines is 2. The molecule has 0 saturated carbocycles. The Morgan fingerprint density at radius 1 is 1.35 bits per heavy atom. The average Bonchev–Trinajstić information content (AvgIpc) is 2.77. The summed E-state index contributed by atoms with van der Waals surface area (Å²) in [4.78, 5) is 9.11. The lowest BCUT2D eigenvalue weighted by Gasteiger charge is -2.25. The molecule has 0 radical (unpaired) electrons. The third-order valence-electron chi connectivity index (χ3n) is 3.78. The van der Waals surface area contributed by atoms with Crippen molar-refractivity contribution in [2.75, 3.05) is 23.3 Å². The summed E-state index contributed by atoms with van der Waals surface area (Å²) in [5.74, 6) is 3.52. The largest absolute Gasteiger partial charge is 0.383 e. The molecule has 4 nitrogen and oxygen atoms in total. The van der Waals surface area contributed by atoms with Crippen LogP contribution in [0.5, 0.6) is 0 Å². The Bertz CT molecular complexity index is 487. The Kier molecular flexibility index (Phi) is 4.19. The van der Waals surface area contributed by atoms with Crippen molar-refractivity contribution in [3.8, 4) is 0 Å². The van der Waals surface area contributed by atoms with Crippen molar-refractivity contribution >= 4 is 23.4 Å². The molecular weight excluding hydrogens is 268 g/mol. The molecule has 0 bridgehead atoms. The van der Waals surface area contributed by atoms with E-state index >= 15 is 0 Å². The lowest BCUT2D eigenvalue weighted by Crippen LogP contribution is -2.28. The van der Waals surface area contributed by atoms with Gasteiger partial charge < -0.3 is 11.1 Å². The van der Waals surface area contributed by atoms with Crippen molar-refractivity contribution in [1.82, 2.24) is 9.97 Å². The van der Waals surface area contributed by atoms with Crippen LogP contribution in [0, 0.1) is 6.92 Å². The highest BCUT2D eigenvalue weighted by Gasteiger charge is 2.29. The Labute approximate surface area is 126 Å². The molecule has 1 aromatic heterocycles. The molecule has 2 heterocycles. The number of hydrogen-bond acceptors (Lipinski definition) is 5. The number of nitrogens with one attached hydrogen (secondary N) is 1. The van der Waals surface area contributed by atoms with Crippen molar-refractivity contribution in [1.29, 1.82) is 0 Å². The van der Waals surface area contributed by atoms with Gasteiger partial charge in [-0.25, -0.2) is 9.97 Å². The van der Waals surface area contributed by atoms with Crippen LogP contribution >= 0.6 is 11.8 Å². The van der Waals surface area contributed by atoms with Crippen LogP contribution in [0.3, 0.4) is 0 Å². The summed E-state index contributed by atoms with van der Waals surface area (Å²) >= 11 is 2.05. The molecule has 1 aliphatic heterocycles. The van der Waals surface area contributed by atoms with Crippen LogP contribution in [0.4, 0.5) is 11.6 Å². The lowest BCUT2D eigenvalue weighted by molar-refractivity contribution is 0.545. The number of rotatable bonds is 3. The van der Waals surface area contributed by atoms with E-state index in [-0.39, 0.29) is 5.41 Å². The van der Waals surface area contributed by atoms with E-state index in [9.17, 15) is 0 Å². The van der Waals surface area contributed by atoms with Crippen molar-refractivity contribution in [2.24, 2.45) is 0 Å². The lowest BCUT2D eigenvalue weighted by atomic mass is 9.95. The maximum Gasteiger partial charge on any atom is 0.138 e. The molecule has 1 atom stereocenters. The number of nitrogens with two attached hydrogens (primary N) is 1. The minimum atomic E-state index is -0.0930. The molecule has 1 fully saturated rings. The van der Waals surface area contributed by atoms with Crippen molar-refractivity contribution in [3.05, 3.63) is 11.4 Å². The zero-order valence-corrected chi connectivity index (χ0v) is 14.0. The van der Waals surface area contributed by atoms with E-state index in [1.807, 2.05) is 18.7 Å². The number of nitrogen functional groups attached to an aromatic ring is 1. The SMILES string of the molecule is Cc1c(N)nc(C(C)(C)C)nc1NCC1(C)CCCS1. The van der Waals surface area contributed by atoms with E-state index in [1.165, 1.54) is 18.6 Å². The summed E-state index contributed by atoms with van der Waals surface area (Å²) in [7, 11) is 0. The Morgan fingerprint density at radius 3 is 2.60 bits per heavy atom. The van der Waals surface area contributed by atoms with Gasteiger partial charge in [0.15, 0.2) is 0 Å². The van der Waals surface area contributed by atoms with E-state index in [1.54, 1.807) is 0 Å². The van der Waals surface area contributed by atoms with Gasteiger partial charge in [0.25, 0.3) is 0 Å². The molecule has 1 aliphatic rings. The van der Waals surface area contributed by atoms with Crippen LogP contribution in [0.25, 0.3) is 0 Å². The fourth-order valence-electron chi connectivity index (χ4n) is 2.29. The second-order valence-corrected chi connectivity index (χ2v) is 8.59. The Hall–Kier alpha value is -0.970. The maximum atomic E-state index is 6.04.